The highest BCUT2D eigenvalue weighted by atomic mass is 16.5. The Balaban J connectivity index is 1.61. The van der Waals surface area contributed by atoms with Crippen molar-refractivity contribution in [1.82, 2.24) is 10.6 Å². The quantitative estimate of drug-likeness (QED) is 0.0611. The molecule has 2 aromatic carbocycles. The molecule has 0 bridgehead atoms. The van der Waals surface area contributed by atoms with Crippen LogP contribution in [0.4, 0.5) is 0 Å². The number of hydrogen-bond donors (Lipinski definition) is 5. The molecule has 0 aliphatic carbocycles. The summed E-state index contributed by atoms with van der Waals surface area (Å²) >= 11 is 0. The standard InChI is InChI=1S/C32H34B2N4O6/c1-23(2)31(39)35-14-8-15-36-32(40)28-17-27(21-38(22-28)19-25-9-3-5-12-29(25)34(42)43)24-11-7-16-37(18-24)20-26-10-4-6-13-30(26)44-33-41/h3-7,9-13,16-18,21-22,33,41-43H,1,8,14-15,19-20H2,2H3/p+2. The number of nitrogens with zero attached hydrogens (tertiary/aromatic N) is 2. The van der Waals surface area contributed by atoms with Crippen LogP contribution >= 0.6 is 0 Å². The summed E-state index contributed by atoms with van der Waals surface area (Å²) in [4.78, 5) is 25.0. The van der Waals surface area contributed by atoms with Gasteiger partial charge in [0.1, 0.15) is 11.3 Å². The molecule has 0 fully saturated rings. The SMILES string of the molecule is C=C(C)C(=O)NCCCNC(=O)c1cc(-c2ccc[n+](Cc3ccccc3OBO)c2)c[n+](Cc2ccccc2B(O)O)c1. The largest absolute Gasteiger partial charge is 0.538 e. The minimum Gasteiger partial charge on any atom is -0.538 e. The third-order valence-corrected chi connectivity index (χ3v) is 6.92. The Hall–Kier alpha value is -4.77. The van der Waals surface area contributed by atoms with Gasteiger partial charge >= 0.3 is 14.8 Å². The summed E-state index contributed by atoms with van der Waals surface area (Å²) in [5.41, 5.74) is 4.47. The molecule has 0 spiro atoms. The van der Waals surface area contributed by atoms with Gasteiger partial charge in [0.25, 0.3) is 5.91 Å². The Bertz CT molecular complexity index is 1630. The lowest BCUT2D eigenvalue weighted by atomic mass is 9.77. The van der Waals surface area contributed by atoms with Crippen molar-refractivity contribution >= 4 is 32.1 Å². The van der Waals surface area contributed by atoms with E-state index >= 15 is 0 Å². The van der Waals surface area contributed by atoms with E-state index in [0.717, 1.165) is 16.7 Å². The van der Waals surface area contributed by atoms with Gasteiger partial charge in [-0.3, -0.25) is 9.59 Å². The number of benzene rings is 2. The highest BCUT2D eigenvalue weighted by Crippen LogP contribution is 2.20. The number of hydrogen-bond acceptors (Lipinski definition) is 6. The minimum absolute atomic E-state index is 0.220. The molecule has 44 heavy (non-hydrogen) atoms. The molecule has 0 saturated carbocycles. The number of carbonyl (C=O) groups excluding carboxylic acids is 2. The zero-order valence-electron chi connectivity index (χ0n) is 24.6. The van der Waals surface area contributed by atoms with Crippen molar-refractivity contribution in [3.8, 4) is 16.9 Å². The summed E-state index contributed by atoms with van der Waals surface area (Å²) in [5.74, 6) is 0.0948. The van der Waals surface area contributed by atoms with Gasteiger partial charge in [0.15, 0.2) is 37.9 Å². The first-order valence-corrected chi connectivity index (χ1v) is 14.3. The molecule has 12 heteroatoms. The Morgan fingerprint density at radius 3 is 2.32 bits per heavy atom. The molecule has 0 saturated heterocycles. The summed E-state index contributed by atoms with van der Waals surface area (Å²) in [5, 5.41) is 34.7. The topological polar surface area (TPSA) is 136 Å². The number of para-hydroxylation sites is 1. The van der Waals surface area contributed by atoms with E-state index in [0.29, 0.717) is 60.5 Å². The van der Waals surface area contributed by atoms with E-state index in [1.54, 1.807) is 31.3 Å². The molecule has 0 unspecified atom stereocenters. The van der Waals surface area contributed by atoms with Gasteiger partial charge < -0.3 is 30.4 Å². The summed E-state index contributed by atoms with van der Waals surface area (Å²) in [6, 6.07) is 20.2. The number of carbonyl (C=O) groups is 2. The second kappa shape index (κ2) is 15.6. The van der Waals surface area contributed by atoms with Crippen molar-refractivity contribution < 1.29 is 38.4 Å². The van der Waals surface area contributed by atoms with Gasteiger partial charge in [-0.25, -0.2) is 4.57 Å². The van der Waals surface area contributed by atoms with Crippen LogP contribution in [0.1, 0.15) is 34.8 Å². The third kappa shape index (κ3) is 8.87. The highest BCUT2D eigenvalue weighted by molar-refractivity contribution is 6.59. The lowest BCUT2D eigenvalue weighted by Gasteiger charge is -2.10. The van der Waals surface area contributed by atoms with Gasteiger partial charge in [-0.15, -0.1) is 0 Å². The average molecular weight is 594 g/mol. The number of rotatable bonds is 14. The molecular weight excluding hydrogens is 558 g/mol. The maximum absolute atomic E-state index is 13.3. The highest BCUT2D eigenvalue weighted by Gasteiger charge is 2.21. The van der Waals surface area contributed by atoms with E-state index in [2.05, 4.69) is 17.2 Å². The zero-order chi connectivity index (χ0) is 31.5. The molecule has 4 aromatic rings. The van der Waals surface area contributed by atoms with Gasteiger partial charge in [-0.2, -0.15) is 4.57 Å². The smallest absolute Gasteiger partial charge is 0.504 e. The van der Waals surface area contributed by atoms with Crippen molar-refractivity contribution in [1.29, 1.82) is 0 Å². The molecule has 0 aliphatic heterocycles. The molecule has 2 heterocycles. The van der Waals surface area contributed by atoms with Crippen molar-refractivity contribution in [2.45, 2.75) is 26.4 Å². The van der Waals surface area contributed by atoms with E-state index < -0.39 is 14.8 Å². The maximum Gasteiger partial charge on any atom is 0.504 e. The Kier molecular flexibility index (Phi) is 11.4. The molecule has 10 nitrogen and oxygen atoms in total. The van der Waals surface area contributed by atoms with Crippen LogP contribution in [0, 0.1) is 0 Å². The van der Waals surface area contributed by atoms with Crippen molar-refractivity contribution in [2.24, 2.45) is 0 Å². The van der Waals surface area contributed by atoms with Gasteiger partial charge in [-0.1, -0.05) is 43.0 Å². The first kappa shape index (κ1) is 32.2. The van der Waals surface area contributed by atoms with Crippen LogP contribution in [0.3, 0.4) is 0 Å². The Morgan fingerprint density at radius 2 is 1.57 bits per heavy atom. The zero-order valence-corrected chi connectivity index (χ0v) is 24.6. The van der Waals surface area contributed by atoms with Crippen LogP contribution in [0.15, 0.2) is 104 Å². The third-order valence-electron chi connectivity index (χ3n) is 6.92. The maximum atomic E-state index is 13.3. The van der Waals surface area contributed by atoms with Crippen LogP contribution in [-0.4, -0.2) is 54.8 Å². The summed E-state index contributed by atoms with van der Waals surface area (Å²) < 4.78 is 9.21. The average Bonchev–Trinajstić information content (AvgIpc) is 3.02. The Morgan fingerprint density at radius 1 is 0.886 bits per heavy atom. The summed E-state index contributed by atoms with van der Waals surface area (Å²) in [6.07, 6.45) is 8.07. The molecule has 2 amide bonds. The fourth-order valence-electron chi connectivity index (χ4n) is 4.71. The van der Waals surface area contributed by atoms with Crippen molar-refractivity contribution in [2.75, 3.05) is 13.1 Å². The van der Waals surface area contributed by atoms with Crippen molar-refractivity contribution in [3.05, 3.63) is 120 Å². The van der Waals surface area contributed by atoms with Crippen molar-refractivity contribution in [3.63, 3.8) is 0 Å². The predicted octanol–water partition coefficient (Wildman–Crippen LogP) is 0.155. The molecule has 224 valence electrons. The van der Waals surface area contributed by atoms with Crippen LogP contribution < -0.4 is 29.9 Å². The number of pyridine rings is 2. The number of nitrogens with one attached hydrogen (secondary N) is 2. The molecular formula is C32H36B2N4O6+2. The van der Waals surface area contributed by atoms with Gasteiger partial charge in [0.05, 0.1) is 16.7 Å². The fraction of sp³-hybridized carbons (Fsp3) is 0.188. The van der Waals surface area contributed by atoms with Gasteiger partial charge in [-0.05, 0) is 43.1 Å². The second-order valence-corrected chi connectivity index (χ2v) is 10.3. The van der Waals surface area contributed by atoms with E-state index in [9.17, 15) is 24.7 Å². The molecule has 2 aromatic heterocycles. The molecule has 5 N–H and O–H groups in total. The van der Waals surface area contributed by atoms with Crippen LogP contribution in [0.2, 0.25) is 0 Å². The fourth-order valence-corrected chi connectivity index (χ4v) is 4.71. The van der Waals surface area contributed by atoms with Gasteiger partial charge in [0.2, 0.25) is 5.91 Å². The van der Waals surface area contributed by atoms with E-state index in [1.165, 1.54) is 0 Å². The predicted molar refractivity (Wildman–Crippen MR) is 168 cm³/mol. The lowest BCUT2D eigenvalue weighted by molar-refractivity contribution is -0.689. The summed E-state index contributed by atoms with van der Waals surface area (Å²) in [6.45, 7) is 6.81. The van der Waals surface area contributed by atoms with Crippen LogP contribution in [-0.2, 0) is 17.9 Å². The number of aromatic nitrogens is 2. The normalized spacial score (nSPS) is 10.5. The summed E-state index contributed by atoms with van der Waals surface area (Å²) in [7, 11) is -2.05. The number of amides is 2. The molecule has 0 aliphatic rings. The Labute approximate surface area is 257 Å². The minimum atomic E-state index is -1.63. The van der Waals surface area contributed by atoms with Crippen LogP contribution in [0.5, 0.6) is 5.75 Å². The van der Waals surface area contributed by atoms with E-state index in [-0.39, 0.29) is 11.8 Å². The van der Waals surface area contributed by atoms with Crippen LogP contribution in [0.25, 0.3) is 11.1 Å². The monoisotopic (exact) mass is 594 g/mol. The van der Waals surface area contributed by atoms with Gasteiger partial charge in [0, 0.05) is 30.3 Å². The molecule has 0 atom stereocenters. The molecule has 4 rings (SSSR count). The lowest BCUT2D eigenvalue weighted by Crippen LogP contribution is -2.41. The first-order chi connectivity index (χ1) is 21.2. The second-order valence-electron chi connectivity index (χ2n) is 10.3. The van der Waals surface area contributed by atoms with E-state index in [4.69, 9.17) is 4.65 Å². The first-order valence-electron chi connectivity index (χ1n) is 14.3. The molecule has 0 radical (unpaired) electrons. The van der Waals surface area contributed by atoms with E-state index in [1.807, 2.05) is 76.3 Å².